The smallest absolute Gasteiger partial charge is 0.310 e. The van der Waals surface area contributed by atoms with Gasteiger partial charge in [-0.2, -0.15) is 0 Å². The summed E-state index contributed by atoms with van der Waals surface area (Å²) in [5.41, 5.74) is 0.402. The minimum atomic E-state index is -0.827. The van der Waals surface area contributed by atoms with Gasteiger partial charge < -0.3 is 29.7 Å². The highest BCUT2D eigenvalue weighted by Crippen LogP contribution is 2.32. The van der Waals surface area contributed by atoms with Crippen LogP contribution in [-0.4, -0.2) is 72.8 Å². The number of benzene rings is 1. The maximum atomic E-state index is 13.6. The minimum Gasteiger partial charge on any atom is -0.497 e. The zero-order chi connectivity index (χ0) is 24.9. The fraction of sp³-hybridized carbons (Fsp3) is 0.600. The number of nitrogens with one attached hydrogen (secondary N) is 2. The Labute approximate surface area is 204 Å². The van der Waals surface area contributed by atoms with Crippen LogP contribution in [0.4, 0.5) is 0 Å². The van der Waals surface area contributed by atoms with Crippen LogP contribution in [0, 0.1) is 0 Å². The Morgan fingerprint density at radius 1 is 1.11 bits per heavy atom. The number of ether oxygens (including phenoxy) is 3. The molecule has 35 heavy (non-hydrogen) atoms. The molecule has 4 rings (SSSR count). The average molecular weight is 488 g/mol. The summed E-state index contributed by atoms with van der Waals surface area (Å²) in [4.78, 5) is 53.2. The molecule has 5 atom stereocenters. The second-order valence-electron chi connectivity index (χ2n) is 9.17. The maximum absolute atomic E-state index is 13.6. The molecule has 2 unspecified atom stereocenters. The lowest BCUT2D eigenvalue weighted by molar-refractivity contribution is -0.164. The molecule has 3 aliphatic rings. The van der Waals surface area contributed by atoms with E-state index in [4.69, 9.17) is 14.2 Å². The van der Waals surface area contributed by atoms with Gasteiger partial charge in [0.25, 0.3) is 5.91 Å². The number of rotatable bonds is 7. The summed E-state index contributed by atoms with van der Waals surface area (Å²) < 4.78 is 15.8. The SMILES string of the molecule is CCOC1OC(=O)CC1NC(=O)[C@@H]1CC[C@@H]2CCCC[C@H](NC(=O)c3cccc(OC)c3)C(=O)N21. The number of nitrogens with zero attached hydrogens (tertiary/aromatic N) is 1. The average Bonchev–Trinajstić information content (AvgIpc) is 3.42. The first kappa shape index (κ1) is 25.0. The maximum Gasteiger partial charge on any atom is 0.310 e. The second kappa shape index (κ2) is 11.1. The van der Waals surface area contributed by atoms with E-state index >= 15 is 0 Å². The van der Waals surface area contributed by atoms with E-state index < -0.39 is 30.4 Å². The van der Waals surface area contributed by atoms with Crippen LogP contribution in [0.15, 0.2) is 24.3 Å². The lowest BCUT2D eigenvalue weighted by Gasteiger charge is -2.35. The number of amides is 3. The third-order valence-corrected chi connectivity index (χ3v) is 6.90. The predicted octanol–water partition coefficient (Wildman–Crippen LogP) is 1.52. The van der Waals surface area contributed by atoms with Crippen LogP contribution in [-0.2, 0) is 23.9 Å². The van der Waals surface area contributed by atoms with Crippen molar-refractivity contribution < 1.29 is 33.4 Å². The number of esters is 1. The molecule has 3 amide bonds. The molecule has 3 fully saturated rings. The number of hydrogen-bond acceptors (Lipinski definition) is 7. The van der Waals surface area contributed by atoms with Gasteiger partial charge in [0.1, 0.15) is 23.9 Å². The number of methoxy groups -OCH3 is 1. The lowest BCUT2D eigenvalue weighted by Crippen LogP contribution is -2.57. The lowest BCUT2D eigenvalue weighted by atomic mass is 9.98. The number of carbonyl (C=O) groups excluding carboxylic acids is 4. The van der Waals surface area contributed by atoms with Gasteiger partial charge in [0.05, 0.1) is 13.5 Å². The Kier molecular flexibility index (Phi) is 7.90. The zero-order valence-electron chi connectivity index (χ0n) is 20.2. The quantitative estimate of drug-likeness (QED) is 0.559. The van der Waals surface area contributed by atoms with Crippen molar-refractivity contribution >= 4 is 23.7 Å². The summed E-state index contributed by atoms with van der Waals surface area (Å²) in [6.45, 7) is 2.13. The molecule has 0 bridgehead atoms. The number of carbonyl (C=O) groups is 4. The first-order chi connectivity index (χ1) is 16.9. The summed E-state index contributed by atoms with van der Waals surface area (Å²) in [5.74, 6) is -0.810. The standard InChI is InChI=1S/C25H33N3O7/c1-3-34-25-19(14-21(29)35-25)27-23(31)20-12-11-16-8-4-5-10-18(24(32)28(16)20)26-22(30)15-7-6-9-17(13-15)33-2/h6-7,9,13,16,18-20,25H,3-5,8,10-12,14H2,1-2H3,(H,26,30)(H,27,31)/t16-,18-,19?,20-,25?/m0/s1. The van der Waals surface area contributed by atoms with Crippen molar-refractivity contribution in [3.05, 3.63) is 29.8 Å². The molecule has 190 valence electrons. The topological polar surface area (TPSA) is 123 Å². The van der Waals surface area contributed by atoms with Crippen LogP contribution in [0.1, 0.15) is 62.2 Å². The molecule has 3 saturated heterocycles. The molecule has 10 nitrogen and oxygen atoms in total. The third kappa shape index (κ3) is 5.58. The van der Waals surface area contributed by atoms with Gasteiger partial charge in [-0.3, -0.25) is 19.2 Å². The highest BCUT2D eigenvalue weighted by Gasteiger charge is 2.45. The first-order valence-corrected chi connectivity index (χ1v) is 12.3. The van der Waals surface area contributed by atoms with E-state index in [1.165, 1.54) is 7.11 Å². The van der Waals surface area contributed by atoms with Gasteiger partial charge >= 0.3 is 5.97 Å². The Hall–Kier alpha value is -3.14. The number of fused-ring (bicyclic) bond motifs is 1. The van der Waals surface area contributed by atoms with Gasteiger partial charge in [-0.05, 0) is 50.8 Å². The van der Waals surface area contributed by atoms with Gasteiger partial charge in [-0.15, -0.1) is 0 Å². The highest BCUT2D eigenvalue weighted by molar-refractivity contribution is 5.99. The summed E-state index contributed by atoms with van der Waals surface area (Å²) in [5, 5.41) is 5.74. The first-order valence-electron chi connectivity index (χ1n) is 12.3. The van der Waals surface area contributed by atoms with Crippen molar-refractivity contribution in [2.24, 2.45) is 0 Å². The largest absolute Gasteiger partial charge is 0.497 e. The van der Waals surface area contributed by atoms with Crippen LogP contribution in [0.3, 0.4) is 0 Å². The summed E-state index contributed by atoms with van der Waals surface area (Å²) in [6.07, 6.45) is 3.49. The van der Waals surface area contributed by atoms with Gasteiger partial charge in [0, 0.05) is 18.2 Å². The zero-order valence-corrected chi connectivity index (χ0v) is 20.2. The van der Waals surface area contributed by atoms with E-state index in [1.54, 1.807) is 36.1 Å². The fourth-order valence-corrected chi connectivity index (χ4v) is 5.18. The van der Waals surface area contributed by atoms with E-state index in [0.717, 1.165) is 25.7 Å². The van der Waals surface area contributed by atoms with Crippen LogP contribution in [0.2, 0.25) is 0 Å². The van der Waals surface area contributed by atoms with E-state index in [0.29, 0.717) is 30.8 Å². The van der Waals surface area contributed by atoms with E-state index in [9.17, 15) is 19.2 Å². The van der Waals surface area contributed by atoms with E-state index in [-0.39, 0.29) is 30.2 Å². The third-order valence-electron chi connectivity index (χ3n) is 6.90. The second-order valence-corrected chi connectivity index (χ2v) is 9.17. The molecule has 0 aromatic heterocycles. The molecule has 3 heterocycles. The Balaban J connectivity index is 1.47. The molecule has 0 radical (unpaired) electrons. The highest BCUT2D eigenvalue weighted by atomic mass is 16.7. The molecule has 1 aromatic carbocycles. The van der Waals surface area contributed by atoms with Crippen molar-refractivity contribution in [2.75, 3.05) is 13.7 Å². The van der Waals surface area contributed by atoms with Crippen molar-refractivity contribution in [3.63, 3.8) is 0 Å². The molecule has 0 spiro atoms. The van der Waals surface area contributed by atoms with Crippen LogP contribution >= 0.6 is 0 Å². The van der Waals surface area contributed by atoms with Crippen LogP contribution in [0.5, 0.6) is 5.75 Å². The monoisotopic (exact) mass is 487 g/mol. The van der Waals surface area contributed by atoms with Crippen molar-refractivity contribution in [3.8, 4) is 5.75 Å². The molecule has 10 heteroatoms. The Morgan fingerprint density at radius 3 is 2.69 bits per heavy atom. The van der Waals surface area contributed by atoms with Gasteiger partial charge in [0.2, 0.25) is 18.1 Å². The Morgan fingerprint density at radius 2 is 1.91 bits per heavy atom. The predicted molar refractivity (Wildman–Crippen MR) is 124 cm³/mol. The van der Waals surface area contributed by atoms with E-state index in [1.807, 2.05) is 0 Å². The van der Waals surface area contributed by atoms with E-state index in [2.05, 4.69) is 10.6 Å². The minimum absolute atomic E-state index is 0.0275. The molecule has 1 aromatic rings. The molecular weight excluding hydrogens is 454 g/mol. The van der Waals surface area contributed by atoms with Crippen molar-refractivity contribution in [2.45, 2.75) is 82.3 Å². The van der Waals surface area contributed by atoms with Gasteiger partial charge in [-0.25, -0.2) is 0 Å². The summed E-state index contributed by atoms with van der Waals surface area (Å²) >= 11 is 0. The molecule has 0 saturated carbocycles. The summed E-state index contributed by atoms with van der Waals surface area (Å²) in [7, 11) is 1.53. The molecule has 0 aliphatic carbocycles. The number of cyclic esters (lactones) is 1. The van der Waals surface area contributed by atoms with Gasteiger partial charge in [0.15, 0.2) is 0 Å². The normalized spacial score (nSPS) is 28.5. The summed E-state index contributed by atoms with van der Waals surface area (Å²) in [6, 6.07) is 4.71. The Bertz CT molecular complexity index is 968. The molecular formula is C25H33N3O7. The number of hydrogen-bond donors (Lipinski definition) is 2. The molecule has 3 aliphatic heterocycles. The molecule has 2 N–H and O–H groups in total. The fourth-order valence-electron chi connectivity index (χ4n) is 5.18. The van der Waals surface area contributed by atoms with Crippen molar-refractivity contribution in [1.82, 2.24) is 15.5 Å². The van der Waals surface area contributed by atoms with Crippen molar-refractivity contribution in [1.29, 1.82) is 0 Å². The van der Waals surface area contributed by atoms with Crippen LogP contribution < -0.4 is 15.4 Å². The van der Waals surface area contributed by atoms with Gasteiger partial charge in [-0.1, -0.05) is 18.9 Å². The van der Waals surface area contributed by atoms with Crippen LogP contribution in [0.25, 0.3) is 0 Å².